The number of carbonyl (C=O) groups excluding carboxylic acids is 1. The number of amides is 1. The van der Waals surface area contributed by atoms with Gasteiger partial charge in [0, 0.05) is 13.5 Å². The molecule has 0 unspecified atom stereocenters. The zero-order valence-electron chi connectivity index (χ0n) is 8.64. The summed E-state index contributed by atoms with van der Waals surface area (Å²) < 4.78 is 0. The quantitative estimate of drug-likeness (QED) is 0.666. The third-order valence-corrected chi connectivity index (χ3v) is 2.89. The summed E-state index contributed by atoms with van der Waals surface area (Å²) in [5, 5.41) is 2.85. The van der Waals surface area contributed by atoms with Crippen molar-refractivity contribution in [2.24, 2.45) is 5.92 Å². The van der Waals surface area contributed by atoms with Crippen LogP contribution >= 0.6 is 0 Å². The molecule has 1 aliphatic carbocycles. The van der Waals surface area contributed by atoms with Gasteiger partial charge in [-0.15, -0.1) is 0 Å². The van der Waals surface area contributed by atoms with Gasteiger partial charge < -0.3 is 5.32 Å². The molecule has 0 aliphatic heterocycles. The average molecular weight is 183 g/mol. The average Bonchev–Trinajstić information content (AvgIpc) is 2.14. The SMILES string of the molecule is CC(=O)NCCCC1CCCCC1. The van der Waals surface area contributed by atoms with Crippen LogP contribution in [0.15, 0.2) is 0 Å². The fraction of sp³-hybridized carbons (Fsp3) is 0.909. The van der Waals surface area contributed by atoms with Crippen molar-refractivity contribution in [2.75, 3.05) is 6.54 Å². The fourth-order valence-electron chi connectivity index (χ4n) is 2.13. The lowest BCUT2D eigenvalue weighted by Crippen LogP contribution is -2.21. The first kappa shape index (κ1) is 10.6. The summed E-state index contributed by atoms with van der Waals surface area (Å²) in [6.45, 7) is 2.45. The Balaban J connectivity index is 1.95. The molecule has 0 atom stereocenters. The van der Waals surface area contributed by atoms with Crippen molar-refractivity contribution in [1.82, 2.24) is 5.32 Å². The number of nitrogens with one attached hydrogen (secondary N) is 1. The Morgan fingerprint density at radius 2 is 2.00 bits per heavy atom. The van der Waals surface area contributed by atoms with Crippen LogP contribution in [0.5, 0.6) is 0 Å². The van der Waals surface area contributed by atoms with Gasteiger partial charge in [0.25, 0.3) is 0 Å². The Morgan fingerprint density at radius 1 is 1.31 bits per heavy atom. The van der Waals surface area contributed by atoms with Gasteiger partial charge in [-0.3, -0.25) is 4.79 Å². The third kappa shape index (κ3) is 4.91. The molecule has 13 heavy (non-hydrogen) atoms. The maximum atomic E-state index is 10.6. The minimum Gasteiger partial charge on any atom is -0.356 e. The van der Waals surface area contributed by atoms with Crippen LogP contribution in [-0.2, 0) is 4.79 Å². The van der Waals surface area contributed by atoms with E-state index in [9.17, 15) is 4.79 Å². The molecule has 1 saturated carbocycles. The molecular weight excluding hydrogens is 162 g/mol. The van der Waals surface area contributed by atoms with Crippen LogP contribution in [0.3, 0.4) is 0 Å². The first-order valence-corrected chi connectivity index (χ1v) is 5.53. The molecule has 1 rings (SSSR count). The first-order chi connectivity index (χ1) is 6.29. The summed E-state index contributed by atoms with van der Waals surface area (Å²) in [5.74, 6) is 1.05. The standard InChI is InChI=1S/C11H21NO/c1-10(13)12-9-5-8-11-6-3-2-4-7-11/h11H,2-9H2,1H3,(H,12,13). The molecule has 0 saturated heterocycles. The lowest BCUT2D eigenvalue weighted by molar-refractivity contribution is -0.118. The van der Waals surface area contributed by atoms with Crippen molar-refractivity contribution in [3.8, 4) is 0 Å². The predicted octanol–water partition coefficient (Wildman–Crippen LogP) is 2.48. The number of hydrogen-bond acceptors (Lipinski definition) is 1. The van der Waals surface area contributed by atoms with Gasteiger partial charge in [0.1, 0.15) is 0 Å². The Kier molecular flexibility index (Phi) is 4.87. The smallest absolute Gasteiger partial charge is 0.216 e. The van der Waals surface area contributed by atoms with Gasteiger partial charge in [0.05, 0.1) is 0 Å². The van der Waals surface area contributed by atoms with E-state index in [0.29, 0.717) is 0 Å². The topological polar surface area (TPSA) is 29.1 Å². The zero-order valence-corrected chi connectivity index (χ0v) is 8.64. The van der Waals surface area contributed by atoms with Crippen LogP contribution in [0.4, 0.5) is 0 Å². The van der Waals surface area contributed by atoms with Crippen molar-refractivity contribution < 1.29 is 4.79 Å². The van der Waals surface area contributed by atoms with Gasteiger partial charge in [0.2, 0.25) is 5.91 Å². The number of hydrogen-bond donors (Lipinski definition) is 1. The van der Waals surface area contributed by atoms with E-state index in [-0.39, 0.29) is 5.91 Å². The van der Waals surface area contributed by atoms with Crippen molar-refractivity contribution in [3.63, 3.8) is 0 Å². The highest BCUT2D eigenvalue weighted by Gasteiger charge is 2.12. The Bertz CT molecular complexity index is 150. The maximum absolute atomic E-state index is 10.6. The highest BCUT2D eigenvalue weighted by molar-refractivity contribution is 5.72. The van der Waals surface area contributed by atoms with Crippen LogP contribution in [-0.4, -0.2) is 12.5 Å². The molecule has 0 bridgehead atoms. The van der Waals surface area contributed by atoms with E-state index in [1.165, 1.54) is 38.5 Å². The highest BCUT2D eigenvalue weighted by Crippen LogP contribution is 2.26. The minimum atomic E-state index is 0.101. The predicted molar refractivity (Wildman–Crippen MR) is 54.5 cm³/mol. The Labute approximate surface area is 81.1 Å². The molecule has 1 fully saturated rings. The summed E-state index contributed by atoms with van der Waals surface area (Å²) >= 11 is 0. The largest absolute Gasteiger partial charge is 0.356 e. The van der Waals surface area contributed by atoms with Gasteiger partial charge in [-0.05, 0) is 18.8 Å². The van der Waals surface area contributed by atoms with Crippen LogP contribution < -0.4 is 5.32 Å². The second kappa shape index (κ2) is 6.01. The van der Waals surface area contributed by atoms with E-state index in [2.05, 4.69) is 5.32 Å². The van der Waals surface area contributed by atoms with E-state index in [1.807, 2.05) is 0 Å². The van der Waals surface area contributed by atoms with E-state index in [0.717, 1.165) is 18.9 Å². The van der Waals surface area contributed by atoms with Gasteiger partial charge in [-0.1, -0.05) is 32.1 Å². The molecule has 0 aromatic carbocycles. The third-order valence-electron chi connectivity index (χ3n) is 2.89. The molecule has 2 nitrogen and oxygen atoms in total. The number of carbonyl (C=O) groups is 1. The second-order valence-corrected chi connectivity index (χ2v) is 4.13. The highest BCUT2D eigenvalue weighted by atomic mass is 16.1. The van der Waals surface area contributed by atoms with Crippen LogP contribution in [0.2, 0.25) is 0 Å². The minimum absolute atomic E-state index is 0.101. The molecule has 1 amide bonds. The van der Waals surface area contributed by atoms with Crippen LogP contribution in [0.1, 0.15) is 51.9 Å². The number of rotatable bonds is 4. The molecular formula is C11H21NO. The fourth-order valence-corrected chi connectivity index (χ4v) is 2.13. The molecule has 2 heteroatoms. The van der Waals surface area contributed by atoms with Crippen molar-refractivity contribution in [1.29, 1.82) is 0 Å². The molecule has 0 spiro atoms. The second-order valence-electron chi connectivity index (χ2n) is 4.13. The molecule has 0 aromatic rings. The summed E-state index contributed by atoms with van der Waals surface area (Å²) in [6.07, 6.45) is 9.57. The lowest BCUT2D eigenvalue weighted by atomic mass is 9.86. The molecule has 0 radical (unpaired) electrons. The van der Waals surface area contributed by atoms with Crippen molar-refractivity contribution >= 4 is 5.91 Å². The summed E-state index contributed by atoms with van der Waals surface area (Å²) in [7, 11) is 0. The molecule has 1 aliphatic rings. The van der Waals surface area contributed by atoms with Crippen molar-refractivity contribution in [2.45, 2.75) is 51.9 Å². The normalized spacial score (nSPS) is 18.5. The lowest BCUT2D eigenvalue weighted by Gasteiger charge is -2.21. The molecule has 1 N–H and O–H groups in total. The van der Waals surface area contributed by atoms with E-state index in [4.69, 9.17) is 0 Å². The molecule has 76 valence electrons. The molecule has 0 heterocycles. The van der Waals surface area contributed by atoms with Crippen LogP contribution in [0, 0.1) is 5.92 Å². The monoisotopic (exact) mass is 183 g/mol. The van der Waals surface area contributed by atoms with E-state index in [1.54, 1.807) is 6.92 Å². The van der Waals surface area contributed by atoms with Gasteiger partial charge >= 0.3 is 0 Å². The Morgan fingerprint density at radius 3 is 2.62 bits per heavy atom. The summed E-state index contributed by atoms with van der Waals surface area (Å²) in [4.78, 5) is 10.6. The van der Waals surface area contributed by atoms with Gasteiger partial charge in [0.15, 0.2) is 0 Å². The summed E-state index contributed by atoms with van der Waals surface area (Å²) in [5.41, 5.74) is 0. The zero-order chi connectivity index (χ0) is 9.52. The van der Waals surface area contributed by atoms with Gasteiger partial charge in [-0.25, -0.2) is 0 Å². The summed E-state index contributed by atoms with van der Waals surface area (Å²) in [6, 6.07) is 0. The van der Waals surface area contributed by atoms with Crippen LogP contribution in [0.25, 0.3) is 0 Å². The Hall–Kier alpha value is -0.530. The first-order valence-electron chi connectivity index (χ1n) is 5.53. The van der Waals surface area contributed by atoms with E-state index >= 15 is 0 Å². The van der Waals surface area contributed by atoms with Crippen molar-refractivity contribution in [3.05, 3.63) is 0 Å². The van der Waals surface area contributed by atoms with E-state index < -0.39 is 0 Å². The maximum Gasteiger partial charge on any atom is 0.216 e. The molecule has 0 aromatic heterocycles. The van der Waals surface area contributed by atoms with Gasteiger partial charge in [-0.2, -0.15) is 0 Å².